The Morgan fingerprint density at radius 3 is 2.30 bits per heavy atom. The van der Waals surface area contributed by atoms with E-state index in [0.717, 1.165) is 18.9 Å². The molecule has 10 heteroatoms. The zero-order valence-electron chi connectivity index (χ0n) is 29.2. The van der Waals surface area contributed by atoms with Crippen LogP contribution in [0.5, 0.6) is 0 Å². The summed E-state index contributed by atoms with van der Waals surface area (Å²) in [6.07, 6.45) is 13.0. The standard InChI is InChI=1S/C34H57NO7Si2/c1-13-19-29(41-26-39-22-23-43(8,9)10)34(5,6)30(42-44(11,12)33(2,3)4)21-18-16-14-15-17-20-27(38-7)24-31-35-28(25-40-31)32(36)37/h13,16-20,25,27,29-30H,21-24,26H2,1-12H3,(H,36,37)/b18-16-,19-13+,20-17+/t27-,29-,30-/m0/s1. The number of rotatable bonds is 18. The Bertz CT molecular complexity index is 1160. The number of nitrogens with zero attached hydrogens (tertiary/aromatic N) is 1. The Labute approximate surface area is 268 Å². The van der Waals surface area contributed by atoms with Gasteiger partial charge in [0.25, 0.3) is 0 Å². The fraction of sp³-hybridized carbons (Fsp3) is 0.647. The van der Waals surface area contributed by atoms with Gasteiger partial charge >= 0.3 is 5.97 Å². The first-order valence-corrected chi connectivity index (χ1v) is 22.0. The summed E-state index contributed by atoms with van der Waals surface area (Å²) in [5.74, 6) is 5.24. The summed E-state index contributed by atoms with van der Waals surface area (Å²) in [4.78, 5) is 15.0. The third kappa shape index (κ3) is 14.2. The van der Waals surface area contributed by atoms with Crippen molar-refractivity contribution in [2.24, 2.45) is 5.41 Å². The highest BCUT2D eigenvalue weighted by atomic mass is 28.4. The molecule has 0 spiro atoms. The molecular weight excluding hydrogens is 591 g/mol. The summed E-state index contributed by atoms with van der Waals surface area (Å²) < 4.78 is 29.9. The van der Waals surface area contributed by atoms with Crippen LogP contribution in [0.3, 0.4) is 0 Å². The molecule has 1 aromatic rings. The van der Waals surface area contributed by atoms with Gasteiger partial charge in [-0.2, -0.15) is 0 Å². The van der Waals surface area contributed by atoms with Gasteiger partial charge in [0, 0.05) is 27.2 Å². The number of aromatic carboxylic acids is 1. The SMILES string of the molecule is C/C=C/[C@H](OCOCC[Si](C)(C)C)C(C)(C)[C@H](C/C=C\C#C/C=C/[C@@H](Cc1nc(C(=O)O)co1)OC)O[Si](C)(C)C(C)(C)C. The molecule has 248 valence electrons. The third-order valence-electron chi connectivity index (χ3n) is 7.98. The number of allylic oxidation sites excluding steroid dienone is 3. The highest BCUT2D eigenvalue weighted by Crippen LogP contribution is 2.42. The van der Waals surface area contributed by atoms with E-state index in [1.165, 1.54) is 0 Å². The van der Waals surface area contributed by atoms with Gasteiger partial charge in [-0.3, -0.25) is 0 Å². The summed E-state index contributed by atoms with van der Waals surface area (Å²) in [5.41, 5.74) is -0.467. The summed E-state index contributed by atoms with van der Waals surface area (Å²) in [6, 6.07) is 1.10. The van der Waals surface area contributed by atoms with Crippen LogP contribution in [0.2, 0.25) is 43.8 Å². The maximum absolute atomic E-state index is 11.0. The largest absolute Gasteiger partial charge is 0.476 e. The maximum atomic E-state index is 11.0. The number of hydrogen-bond donors (Lipinski definition) is 1. The molecule has 3 atom stereocenters. The van der Waals surface area contributed by atoms with Crippen LogP contribution in [0.15, 0.2) is 47.1 Å². The monoisotopic (exact) mass is 647 g/mol. The molecule has 0 amide bonds. The van der Waals surface area contributed by atoms with Crippen molar-refractivity contribution in [1.29, 1.82) is 0 Å². The van der Waals surface area contributed by atoms with Crippen LogP contribution >= 0.6 is 0 Å². The molecule has 0 aliphatic carbocycles. The molecule has 0 aliphatic rings. The smallest absolute Gasteiger partial charge is 0.357 e. The van der Waals surface area contributed by atoms with Gasteiger partial charge in [-0.05, 0) is 55.7 Å². The Hall–Kier alpha value is -2.27. The second-order valence-corrected chi connectivity index (χ2v) is 24.7. The highest BCUT2D eigenvalue weighted by Gasteiger charge is 2.45. The van der Waals surface area contributed by atoms with E-state index in [1.807, 2.05) is 19.1 Å². The summed E-state index contributed by atoms with van der Waals surface area (Å²) >= 11 is 0. The van der Waals surface area contributed by atoms with Crippen LogP contribution in [0.4, 0.5) is 0 Å². The average Bonchev–Trinajstić information content (AvgIpc) is 3.38. The van der Waals surface area contributed by atoms with Gasteiger partial charge < -0.3 is 28.2 Å². The Morgan fingerprint density at radius 1 is 1.09 bits per heavy atom. The van der Waals surface area contributed by atoms with Crippen molar-refractivity contribution >= 4 is 22.4 Å². The molecule has 1 N–H and O–H groups in total. The van der Waals surface area contributed by atoms with Crippen molar-refractivity contribution in [1.82, 2.24) is 4.98 Å². The predicted molar refractivity (Wildman–Crippen MR) is 183 cm³/mol. The molecule has 44 heavy (non-hydrogen) atoms. The van der Waals surface area contributed by atoms with E-state index >= 15 is 0 Å². The Balaban J connectivity index is 3.00. The second kappa shape index (κ2) is 18.0. The van der Waals surface area contributed by atoms with Crippen LogP contribution in [-0.2, 0) is 25.1 Å². The van der Waals surface area contributed by atoms with Crippen molar-refractivity contribution in [3.63, 3.8) is 0 Å². The molecule has 0 saturated carbocycles. The topological polar surface area (TPSA) is 100 Å². The van der Waals surface area contributed by atoms with Crippen molar-refractivity contribution in [3.8, 4) is 11.8 Å². The van der Waals surface area contributed by atoms with Crippen LogP contribution in [0.1, 0.15) is 64.3 Å². The number of carbonyl (C=O) groups is 1. The lowest BCUT2D eigenvalue weighted by atomic mass is 9.79. The van der Waals surface area contributed by atoms with E-state index in [4.69, 9.17) is 28.2 Å². The maximum Gasteiger partial charge on any atom is 0.357 e. The first-order chi connectivity index (χ1) is 20.3. The fourth-order valence-electron chi connectivity index (χ4n) is 3.88. The minimum absolute atomic E-state index is 0.0603. The van der Waals surface area contributed by atoms with E-state index in [9.17, 15) is 4.79 Å². The quantitative estimate of drug-likeness (QED) is 0.0561. The lowest BCUT2D eigenvalue weighted by molar-refractivity contribution is -0.125. The Kier molecular flexibility index (Phi) is 16.3. The molecule has 0 saturated heterocycles. The van der Waals surface area contributed by atoms with E-state index in [2.05, 4.69) is 96.3 Å². The van der Waals surface area contributed by atoms with Crippen LogP contribution in [0.25, 0.3) is 0 Å². The number of hydrogen-bond acceptors (Lipinski definition) is 7. The van der Waals surface area contributed by atoms with E-state index < -0.39 is 22.4 Å². The number of methoxy groups -OCH3 is 1. The van der Waals surface area contributed by atoms with Crippen LogP contribution in [-0.4, -0.2) is 71.3 Å². The predicted octanol–water partition coefficient (Wildman–Crippen LogP) is 8.13. The molecular formula is C34H57NO7Si2. The van der Waals surface area contributed by atoms with Gasteiger partial charge in [0.2, 0.25) is 0 Å². The molecule has 8 nitrogen and oxygen atoms in total. The first-order valence-electron chi connectivity index (χ1n) is 15.4. The van der Waals surface area contributed by atoms with Gasteiger partial charge in [-0.1, -0.05) is 84.3 Å². The minimum atomic E-state index is -2.09. The summed E-state index contributed by atoms with van der Waals surface area (Å²) in [6.45, 7) is 25.7. The fourth-order valence-corrected chi connectivity index (χ4v) is 6.10. The van der Waals surface area contributed by atoms with E-state index in [0.29, 0.717) is 18.7 Å². The van der Waals surface area contributed by atoms with Gasteiger partial charge in [-0.15, -0.1) is 0 Å². The molecule has 0 fully saturated rings. The molecule has 0 aliphatic heterocycles. The molecule has 0 aromatic carbocycles. The van der Waals surface area contributed by atoms with Gasteiger partial charge in [0.15, 0.2) is 19.9 Å². The third-order valence-corrected chi connectivity index (χ3v) is 14.2. The van der Waals surface area contributed by atoms with Crippen molar-refractivity contribution < 1.29 is 33.0 Å². The number of carboxylic acids is 1. The van der Waals surface area contributed by atoms with E-state index in [1.54, 1.807) is 19.3 Å². The minimum Gasteiger partial charge on any atom is -0.476 e. The molecule has 0 unspecified atom stereocenters. The lowest BCUT2D eigenvalue weighted by Gasteiger charge is -2.46. The molecule has 0 radical (unpaired) electrons. The van der Waals surface area contributed by atoms with Crippen molar-refractivity contribution in [3.05, 3.63) is 54.3 Å². The average molecular weight is 648 g/mol. The molecule has 1 aromatic heterocycles. The Morgan fingerprint density at radius 2 is 1.75 bits per heavy atom. The summed E-state index contributed by atoms with van der Waals surface area (Å²) in [7, 11) is -1.69. The lowest BCUT2D eigenvalue weighted by Crippen LogP contribution is -2.51. The van der Waals surface area contributed by atoms with Gasteiger partial charge in [-0.25, -0.2) is 9.78 Å². The van der Waals surface area contributed by atoms with Crippen molar-refractivity contribution in [2.75, 3.05) is 20.5 Å². The summed E-state index contributed by atoms with van der Waals surface area (Å²) in [5, 5.41) is 9.08. The van der Waals surface area contributed by atoms with Crippen LogP contribution in [0, 0.1) is 17.3 Å². The number of aromatic nitrogens is 1. The number of ether oxygens (including phenoxy) is 3. The highest BCUT2D eigenvalue weighted by molar-refractivity contribution is 6.76. The molecule has 0 bridgehead atoms. The van der Waals surface area contributed by atoms with E-state index in [-0.39, 0.29) is 41.3 Å². The van der Waals surface area contributed by atoms with Crippen molar-refractivity contribution in [2.45, 2.75) is 117 Å². The van der Waals surface area contributed by atoms with Gasteiger partial charge in [0.05, 0.1) is 24.7 Å². The number of carboxylic acid groups (broad SMARTS) is 1. The number of oxazole rings is 1. The first kappa shape index (κ1) is 39.8. The molecule has 1 heterocycles. The second-order valence-electron chi connectivity index (χ2n) is 14.3. The zero-order valence-corrected chi connectivity index (χ0v) is 31.2. The van der Waals surface area contributed by atoms with Gasteiger partial charge in [0.1, 0.15) is 13.1 Å². The zero-order chi connectivity index (χ0) is 33.6. The normalized spacial score (nSPS) is 15.5. The molecule has 1 rings (SSSR count). The van der Waals surface area contributed by atoms with Crippen LogP contribution < -0.4 is 0 Å².